The quantitative estimate of drug-likeness (QED) is 0.0337. The third-order valence-corrected chi connectivity index (χ3v) is 20.9. The molecule has 0 radical (unpaired) electrons. The number of H-pyrrole nitrogens is 8. The molecule has 12 N–H and O–H groups in total. The molecule has 0 fully saturated rings. The molecule has 9 heterocycles. The van der Waals surface area contributed by atoms with Crippen molar-refractivity contribution in [2.75, 3.05) is 34.4 Å². The van der Waals surface area contributed by atoms with Gasteiger partial charge in [-0.2, -0.15) is 20.4 Å². The Hall–Kier alpha value is -15.1. The highest BCUT2D eigenvalue weighted by Gasteiger charge is 2.23. The van der Waals surface area contributed by atoms with Crippen molar-refractivity contribution in [3.63, 3.8) is 0 Å². The van der Waals surface area contributed by atoms with Crippen molar-refractivity contribution in [2.24, 2.45) is 7.05 Å². The number of nitrogens with zero attached hydrogens (tertiary/aromatic N) is 9. The number of halogens is 4. The molecule has 0 aliphatic heterocycles. The van der Waals surface area contributed by atoms with E-state index in [2.05, 4.69) is 111 Å². The van der Waals surface area contributed by atoms with Crippen LogP contribution in [0, 0.1) is 0 Å². The second-order valence-corrected chi connectivity index (χ2v) is 29.9. The standard InChI is InChI=1S/C25H20ClN5O.C24H21ClN6O.C24H18ClN5O.C19H14ClN5O2/c26-20-14-18(13-19-15-28-31-21(19)20)23-22(17-9-5-2-6-10-17)29-24(25(32)30-23)27-12-11-16-7-3-1-4-8-16;1-31-10-8-15(14-31)7-9-26-23-24(32)29-22(21(28-23)16-5-3-2-4-6-16)17-11-18-13-27-30-20(18)19(25)12-17;25-19-12-17(11-18-14-27-30-20(18)19)22-21(16-9-5-2-6-10-16)28-23(24(31)29-22)26-13-15-7-3-1-4-8-15;1-10(26)22-18-19(27)24-17(16(23-18)11-5-3-2-4-6-11)12-7-13-9-21-25-15(13)14(20)8-12/h1-10,13-15H,11-12H2,(H,27,29)(H,28,31)(H,30,32);2-6,8,10-14H,7,9H2,1H3,(H,26,28)(H,27,30)(H,29,32);1-12,14H,13H2,(H,26,28)(H,27,30)(H,29,31);2-9H,1H3,(H,21,25)(H,24,27)(H,22,23,26). The Morgan fingerprint density at radius 3 is 0.943 bits per heavy atom. The van der Waals surface area contributed by atoms with E-state index in [1.807, 2.05) is 224 Å². The van der Waals surface area contributed by atoms with Crippen molar-refractivity contribution in [1.82, 2.24) is 85.2 Å². The van der Waals surface area contributed by atoms with Gasteiger partial charge in [0.1, 0.15) is 0 Å². The first kappa shape index (κ1) is 80.7. The summed E-state index contributed by atoms with van der Waals surface area (Å²) in [6, 6.07) is 75.6. The van der Waals surface area contributed by atoms with Gasteiger partial charge in [-0.3, -0.25) is 44.4 Å². The van der Waals surface area contributed by atoms with Gasteiger partial charge < -0.3 is 45.8 Å². The summed E-state index contributed by atoms with van der Waals surface area (Å²) in [4.78, 5) is 93.0. The fourth-order valence-corrected chi connectivity index (χ4v) is 15.0. The van der Waals surface area contributed by atoms with Gasteiger partial charge in [0, 0.05) is 112 Å². The Bertz CT molecular complexity index is 7220. The van der Waals surface area contributed by atoms with Crippen molar-refractivity contribution in [1.29, 1.82) is 0 Å². The van der Waals surface area contributed by atoms with E-state index in [9.17, 15) is 24.0 Å². The summed E-state index contributed by atoms with van der Waals surface area (Å²) in [5.41, 5.74) is 16.4. The summed E-state index contributed by atoms with van der Waals surface area (Å²) < 4.78 is 2.00. The Balaban J connectivity index is 0.000000121. The minimum Gasteiger partial charge on any atom is -0.365 e. The summed E-state index contributed by atoms with van der Waals surface area (Å²) in [5, 5.41) is 45.1. The molecule has 604 valence electrons. The number of anilines is 4. The van der Waals surface area contributed by atoms with Gasteiger partial charge in [-0.25, -0.2) is 19.9 Å². The number of rotatable bonds is 20. The molecule has 0 saturated carbocycles. The number of hydrogen-bond acceptors (Lipinski definition) is 16. The molecule has 0 spiro atoms. The molecule has 30 heteroatoms. The van der Waals surface area contributed by atoms with E-state index in [-0.39, 0.29) is 34.2 Å². The molecule has 0 saturated heterocycles. The van der Waals surface area contributed by atoms with Gasteiger partial charge in [-0.15, -0.1) is 0 Å². The second-order valence-electron chi connectivity index (χ2n) is 28.2. The van der Waals surface area contributed by atoms with Crippen LogP contribution in [-0.4, -0.2) is 104 Å². The fraction of sp³-hybridized carbons (Fsp3) is 0.0761. The minimum atomic E-state index is -0.497. The molecule has 19 rings (SSSR count). The minimum absolute atomic E-state index is 0.0550. The lowest BCUT2D eigenvalue weighted by molar-refractivity contribution is -0.114. The summed E-state index contributed by atoms with van der Waals surface area (Å²) in [6.07, 6.45) is 12.4. The molecule has 19 aromatic rings. The van der Waals surface area contributed by atoms with E-state index >= 15 is 0 Å². The van der Waals surface area contributed by atoms with Crippen LogP contribution in [0.1, 0.15) is 23.6 Å². The SMILES string of the molecule is CC(=O)Nc1nc(-c2ccccc2)c(-c2cc(Cl)c3[nH]ncc3c2)[nH]c1=O.Cn1ccc(CCNc2nc(-c3ccccc3)c(-c3cc(Cl)c4[nH]ncc4c3)[nH]c2=O)c1.O=c1[nH]c(-c2cc(Cl)c3[nH]ncc3c2)c(-c2ccccc2)nc1NCCc1ccccc1.O=c1[nH]c(-c2cc(Cl)c3[nH]ncc3c2)c(-c2ccccc2)nc1NCc1ccccc1. The molecule has 26 nitrogen and oxygen atoms in total. The highest BCUT2D eigenvalue weighted by Crippen LogP contribution is 2.39. The van der Waals surface area contributed by atoms with Crippen LogP contribution < -0.4 is 43.5 Å². The number of aromatic nitrogens is 17. The topological polar surface area (TPSA) is 368 Å². The number of aromatic amines is 8. The van der Waals surface area contributed by atoms with E-state index in [0.717, 1.165) is 95.4 Å². The van der Waals surface area contributed by atoms with Gasteiger partial charge in [-0.05, 0) is 84.1 Å². The van der Waals surface area contributed by atoms with Crippen molar-refractivity contribution in [2.45, 2.75) is 26.3 Å². The lowest BCUT2D eigenvalue weighted by Gasteiger charge is -2.13. The Morgan fingerprint density at radius 1 is 0.344 bits per heavy atom. The lowest BCUT2D eigenvalue weighted by atomic mass is 10.0. The molecule has 0 unspecified atom stereocenters. The lowest BCUT2D eigenvalue weighted by Crippen LogP contribution is -2.20. The van der Waals surface area contributed by atoms with Gasteiger partial charge in [0.2, 0.25) is 5.91 Å². The Morgan fingerprint density at radius 2 is 0.631 bits per heavy atom. The predicted molar refractivity (Wildman–Crippen MR) is 486 cm³/mol. The van der Waals surface area contributed by atoms with Gasteiger partial charge in [0.15, 0.2) is 23.3 Å². The van der Waals surface area contributed by atoms with Crippen LogP contribution in [0.4, 0.5) is 23.3 Å². The molecule has 1 amide bonds. The zero-order chi connectivity index (χ0) is 84.2. The number of hydrogen-bond donors (Lipinski definition) is 12. The number of fused-ring (bicyclic) bond motifs is 4. The van der Waals surface area contributed by atoms with Crippen LogP contribution in [-0.2, 0) is 31.2 Å². The number of carbonyl (C=O) groups excluding carboxylic acids is 1. The molecule has 0 aliphatic carbocycles. The first-order valence-corrected chi connectivity index (χ1v) is 40.0. The van der Waals surface area contributed by atoms with E-state index in [1.54, 1.807) is 36.9 Å². The molecule has 0 aliphatic rings. The van der Waals surface area contributed by atoms with Crippen LogP contribution in [0.3, 0.4) is 0 Å². The molecule has 10 aromatic carbocycles. The van der Waals surface area contributed by atoms with Crippen LogP contribution in [0.2, 0.25) is 20.1 Å². The molecule has 122 heavy (non-hydrogen) atoms. The van der Waals surface area contributed by atoms with Crippen LogP contribution in [0.5, 0.6) is 0 Å². The van der Waals surface area contributed by atoms with Crippen molar-refractivity contribution in [3.8, 4) is 90.1 Å². The number of nitrogens with one attached hydrogen (secondary N) is 12. The Kier molecular flexibility index (Phi) is 24.4. The largest absolute Gasteiger partial charge is 0.365 e. The zero-order valence-electron chi connectivity index (χ0n) is 65.1. The summed E-state index contributed by atoms with van der Waals surface area (Å²) in [6.45, 7) is 3.02. The highest BCUT2D eigenvalue weighted by molar-refractivity contribution is 6.37. The number of benzene rings is 10. The molecular weight excluding hydrogens is 1620 g/mol. The van der Waals surface area contributed by atoms with E-state index in [4.69, 9.17) is 61.4 Å². The second kappa shape index (κ2) is 36.8. The summed E-state index contributed by atoms with van der Waals surface area (Å²) in [7, 11) is 1.99. The van der Waals surface area contributed by atoms with Gasteiger partial charge in [0.05, 0.1) is 112 Å². The maximum Gasteiger partial charge on any atom is 0.291 e. The normalized spacial score (nSPS) is 11.0. The van der Waals surface area contributed by atoms with Crippen molar-refractivity contribution in [3.05, 3.63) is 352 Å². The van der Waals surface area contributed by atoms with Crippen LogP contribution in [0.15, 0.2) is 293 Å². The zero-order valence-corrected chi connectivity index (χ0v) is 68.1. The molecule has 0 atom stereocenters. The monoisotopic (exact) mass is 1690 g/mol. The number of amides is 1. The van der Waals surface area contributed by atoms with Gasteiger partial charge >= 0.3 is 0 Å². The number of carbonyl (C=O) groups is 1. The molecule has 9 aromatic heterocycles. The first-order chi connectivity index (χ1) is 59.5. The maximum atomic E-state index is 12.9. The first-order valence-electron chi connectivity index (χ1n) is 38.5. The summed E-state index contributed by atoms with van der Waals surface area (Å²) in [5.74, 6) is 0.420. The maximum absolute atomic E-state index is 12.9. The molecule has 0 bridgehead atoms. The Labute approximate surface area is 714 Å². The average Bonchev–Trinajstić information content (AvgIpc) is 1.30. The van der Waals surface area contributed by atoms with E-state index in [0.29, 0.717) is 108 Å². The van der Waals surface area contributed by atoms with Gasteiger partial charge in [0.25, 0.3) is 22.2 Å². The summed E-state index contributed by atoms with van der Waals surface area (Å²) >= 11 is 25.7. The average molecular weight is 1690 g/mol. The number of aryl methyl sites for hydroxylation is 1. The fourth-order valence-electron chi connectivity index (χ4n) is 13.9. The smallest absolute Gasteiger partial charge is 0.291 e. The van der Waals surface area contributed by atoms with Gasteiger partial charge in [-0.1, -0.05) is 228 Å². The predicted octanol–water partition coefficient (Wildman–Crippen LogP) is 18.8. The van der Waals surface area contributed by atoms with Crippen molar-refractivity contribution < 1.29 is 4.79 Å². The van der Waals surface area contributed by atoms with Crippen molar-refractivity contribution >= 4 is 119 Å². The van der Waals surface area contributed by atoms with E-state index in [1.165, 1.54) is 18.1 Å². The van der Waals surface area contributed by atoms with E-state index < -0.39 is 5.56 Å². The third kappa shape index (κ3) is 18.6. The third-order valence-electron chi connectivity index (χ3n) is 19.7. The highest BCUT2D eigenvalue weighted by atomic mass is 35.5. The van der Waals surface area contributed by atoms with Crippen LogP contribution >= 0.6 is 46.4 Å². The molecular formula is C92H73Cl4N21O5. The van der Waals surface area contributed by atoms with Crippen LogP contribution in [0.25, 0.3) is 134 Å².